The number of nitrogens with zero attached hydrogens (tertiary/aromatic N) is 4. The van der Waals surface area contributed by atoms with Gasteiger partial charge in [-0.05, 0) is 33.2 Å². The van der Waals surface area contributed by atoms with Crippen LogP contribution in [0.2, 0.25) is 0 Å². The molecule has 1 atom stereocenters. The molecule has 0 radical (unpaired) electrons. The lowest BCUT2D eigenvalue weighted by Gasteiger charge is -2.19. The Morgan fingerprint density at radius 2 is 2.03 bits per heavy atom. The summed E-state index contributed by atoms with van der Waals surface area (Å²) in [6.45, 7) is 5.11. The predicted molar refractivity (Wildman–Crippen MR) is 119 cm³/mol. The highest BCUT2D eigenvalue weighted by atomic mass is 16.5. The Morgan fingerprint density at radius 1 is 1.26 bits per heavy atom. The maximum absolute atomic E-state index is 13.3. The van der Waals surface area contributed by atoms with Crippen LogP contribution in [-0.4, -0.2) is 46.6 Å². The summed E-state index contributed by atoms with van der Waals surface area (Å²) in [5.41, 5.74) is 3.82. The zero-order chi connectivity index (χ0) is 22.0. The third kappa shape index (κ3) is 4.44. The molecule has 8 heteroatoms. The summed E-state index contributed by atoms with van der Waals surface area (Å²) in [6.07, 6.45) is 2.13. The van der Waals surface area contributed by atoms with Crippen molar-refractivity contribution >= 4 is 11.7 Å². The highest BCUT2D eigenvalue weighted by Crippen LogP contribution is 2.27. The van der Waals surface area contributed by atoms with E-state index in [9.17, 15) is 4.79 Å². The number of benzene rings is 1. The summed E-state index contributed by atoms with van der Waals surface area (Å²) >= 11 is 0. The van der Waals surface area contributed by atoms with Crippen LogP contribution in [0.1, 0.15) is 52.1 Å². The molecule has 3 heterocycles. The van der Waals surface area contributed by atoms with Crippen molar-refractivity contribution < 1.29 is 9.32 Å². The quantitative estimate of drug-likeness (QED) is 0.630. The van der Waals surface area contributed by atoms with Crippen molar-refractivity contribution in [2.24, 2.45) is 0 Å². The molecule has 2 aromatic heterocycles. The Bertz CT molecular complexity index is 1070. The van der Waals surface area contributed by atoms with Gasteiger partial charge in [-0.25, -0.2) is 9.97 Å². The molecular formula is C23H28N6O2. The number of hydrogen-bond donors (Lipinski definition) is 2. The normalized spacial score (nSPS) is 15.8. The summed E-state index contributed by atoms with van der Waals surface area (Å²) in [7, 11) is 3.60. The van der Waals surface area contributed by atoms with E-state index >= 15 is 0 Å². The second kappa shape index (κ2) is 8.85. The second-order valence-corrected chi connectivity index (χ2v) is 7.99. The van der Waals surface area contributed by atoms with E-state index in [-0.39, 0.29) is 11.9 Å². The summed E-state index contributed by atoms with van der Waals surface area (Å²) in [5, 5.41) is 10.7. The van der Waals surface area contributed by atoms with Gasteiger partial charge in [-0.2, -0.15) is 0 Å². The second-order valence-electron chi connectivity index (χ2n) is 7.99. The molecule has 0 aliphatic carbocycles. The zero-order valence-electron chi connectivity index (χ0n) is 18.4. The van der Waals surface area contributed by atoms with Crippen LogP contribution in [0.5, 0.6) is 0 Å². The van der Waals surface area contributed by atoms with Crippen LogP contribution in [0, 0.1) is 13.8 Å². The maximum Gasteiger partial charge on any atom is 0.259 e. The molecule has 3 aromatic rings. The maximum atomic E-state index is 13.3. The van der Waals surface area contributed by atoms with Crippen LogP contribution >= 0.6 is 0 Å². The number of rotatable bonds is 6. The molecule has 0 bridgehead atoms. The van der Waals surface area contributed by atoms with E-state index in [1.54, 1.807) is 18.9 Å². The first kappa shape index (κ1) is 21.0. The highest BCUT2D eigenvalue weighted by molar-refractivity contribution is 6.00. The van der Waals surface area contributed by atoms with E-state index in [1.165, 1.54) is 0 Å². The van der Waals surface area contributed by atoms with Crippen LogP contribution in [0.3, 0.4) is 0 Å². The third-order valence-electron chi connectivity index (χ3n) is 5.57. The molecule has 1 aliphatic heterocycles. The number of nitrogens with one attached hydrogen (secondary N) is 2. The molecule has 2 N–H and O–H groups in total. The van der Waals surface area contributed by atoms with Gasteiger partial charge in [0.2, 0.25) is 0 Å². The van der Waals surface area contributed by atoms with Gasteiger partial charge in [0.15, 0.2) is 0 Å². The van der Waals surface area contributed by atoms with Gasteiger partial charge in [0.1, 0.15) is 28.7 Å². The molecule has 0 spiro atoms. The topological polar surface area (TPSA) is 96.2 Å². The van der Waals surface area contributed by atoms with E-state index in [1.807, 2.05) is 44.3 Å². The van der Waals surface area contributed by atoms with Crippen molar-refractivity contribution in [3.63, 3.8) is 0 Å². The van der Waals surface area contributed by atoms with Crippen molar-refractivity contribution in [3.05, 3.63) is 58.7 Å². The van der Waals surface area contributed by atoms with Crippen molar-refractivity contribution in [1.29, 1.82) is 0 Å². The minimum absolute atomic E-state index is 0.153. The molecule has 1 aromatic carbocycles. The molecule has 0 saturated carbocycles. The Morgan fingerprint density at radius 3 is 2.71 bits per heavy atom. The minimum Gasteiger partial charge on any atom is -0.373 e. The lowest BCUT2D eigenvalue weighted by molar-refractivity contribution is 0.0782. The summed E-state index contributed by atoms with van der Waals surface area (Å²) in [4.78, 5) is 24.3. The van der Waals surface area contributed by atoms with Gasteiger partial charge in [0, 0.05) is 25.7 Å². The number of aromatic nitrogens is 3. The SMILES string of the molecule is CNc1cc(CN(C)C(=O)c2c(-c3ccc(C)cc3)noc2C)nc([C@H]2CCCN2)n1. The van der Waals surface area contributed by atoms with Gasteiger partial charge < -0.3 is 20.1 Å². The molecule has 0 unspecified atom stereocenters. The number of aryl methyl sites for hydroxylation is 2. The largest absolute Gasteiger partial charge is 0.373 e. The Hall–Kier alpha value is -3.26. The van der Waals surface area contributed by atoms with Crippen molar-refractivity contribution in [2.45, 2.75) is 39.3 Å². The smallest absolute Gasteiger partial charge is 0.259 e. The van der Waals surface area contributed by atoms with E-state index in [2.05, 4.69) is 20.8 Å². The third-order valence-corrected chi connectivity index (χ3v) is 5.57. The summed E-state index contributed by atoms with van der Waals surface area (Å²) in [5.74, 6) is 1.86. The van der Waals surface area contributed by atoms with Gasteiger partial charge in [-0.15, -0.1) is 0 Å². The average Bonchev–Trinajstić information content (AvgIpc) is 3.43. The lowest BCUT2D eigenvalue weighted by atomic mass is 10.0. The van der Waals surface area contributed by atoms with Crippen molar-refractivity contribution in [3.8, 4) is 11.3 Å². The molecule has 162 valence electrons. The average molecular weight is 421 g/mol. The number of carbonyl (C=O) groups excluding carboxylic acids is 1. The monoisotopic (exact) mass is 420 g/mol. The van der Waals surface area contributed by atoms with Crippen molar-refractivity contribution in [1.82, 2.24) is 25.3 Å². The molecule has 4 rings (SSSR count). The Kier molecular flexibility index (Phi) is 5.99. The standard InChI is InChI=1S/C23H28N6O2/c1-14-7-9-16(10-8-14)21-20(15(2)31-28-21)23(30)29(4)13-17-12-19(24-3)27-22(26-17)18-6-5-11-25-18/h7-10,12,18,25H,5-6,11,13H2,1-4H3,(H,24,26,27)/t18-/m1/s1. The van der Waals surface area contributed by atoms with E-state index < -0.39 is 0 Å². The molecule has 8 nitrogen and oxygen atoms in total. The van der Waals surface area contributed by atoms with Gasteiger partial charge >= 0.3 is 0 Å². The fourth-order valence-corrected chi connectivity index (χ4v) is 3.83. The van der Waals surface area contributed by atoms with E-state index in [4.69, 9.17) is 9.51 Å². The summed E-state index contributed by atoms with van der Waals surface area (Å²) < 4.78 is 5.38. The molecule has 1 saturated heterocycles. The van der Waals surface area contributed by atoms with Gasteiger partial charge in [0.25, 0.3) is 5.91 Å². The molecule has 1 aliphatic rings. The first-order chi connectivity index (χ1) is 15.0. The minimum atomic E-state index is -0.153. The van der Waals surface area contributed by atoms with Crippen LogP contribution in [0.15, 0.2) is 34.9 Å². The van der Waals surface area contributed by atoms with Gasteiger partial charge in [0.05, 0.1) is 18.3 Å². The van der Waals surface area contributed by atoms with Crippen molar-refractivity contribution in [2.75, 3.05) is 26.0 Å². The first-order valence-corrected chi connectivity index (χ1v) is 10.5. The Balaban J connectivity index is 1.59. The fourth-order valence-electron chi connectivity index (χ4n) is 3.83. The van der Waals surface area contributed by atoms with Crippen LogP contribution in [0.4, 0.5) is 5.82 Å². The van der Waals surface area contributed by atoms with Crippen LogP contribution in [0.25, 0.3) is 11.3 Å². The predicted octanol–water partition coefficient (Wildman–Crippen LogP) is 3.49. The summed E-state index contributed by atoms with van der Waals surface area (Å²) in [6, 6.07) is 9.93. The molecular weight excluding hydrogens is 392 g/mol. The number of amides is 1. The lowest BCUT2D eigenvalue weighted by Crippen LogP contribution is -2.28. The van der Waals surface area contributed by atoms with Gasteiger partial charge in [-0.3, -0.25) is 4.79 Å². The van der Waals surface area contributed by atoms with E-state index in [0.29, 0.717) is 23.6 Å². The number of carbonyl (C=O) groups is 1. The van der Waals surface area contributed by atoms with Crippen LogP contribution < -0.4 is 10.6 Å². The highest BCUT2D eigenvalue weighted by Gasteiger charge is 2.26. The van der Waals surface area contributed by atoms with Gasteiger partial charge in [-0.1, -0.05) is 35.0 Å². The first-order valence-electron chi connectivity index (χ1n) is 10.5. The Labute approximate surface area is 182 Å². The van der Waals surface area contributed by atoms with E-state index in [0.717, 1.165) is 47.8 Å². The fraction of sp³-hybridized carbons (Fsp3) is 0.391. The molecule has 31 heavy (non-hydrogen) atoms. The number of hydrogen-bond acceptors (Lipinski definition) is 7. The van der Waals surface area contributed by atoms with Crippen LogP contribution in [-0.2, 0) is 6.54 Å². The molecule has 1 fully saturated rings. The number of anilines is 1. The molecule has 1 amide bonds. The zero-order valence-corrected chi connectivity index (χ0v) is 18.4.